The van der Waals surface area contributed by atoms with Crippen LogP contribution in [0.5, 0.6) is 5.75 Å². The zero-order valence-corrected chi connectivity index (χ0v) is 16.7. The molecule has 0 radical (unpaired) electrons. The van der Waals surface area contributed by atoms with Gasteiger partial charge in [-0.25, -0.2) is 9.97 Å². The van der Waals surface area contributed by atoms with Gasteiger partial charge in [-0.15, -0.1) is 0 Å². The van der Waals surface area contributed by atoms with E-state index in [9.17, 15) is 4.79 Å². The number of ether oxygens (including phenoxy) is 1. The van der Waals surface area contributed by atoms with Crippen LogP contribution in [-0.4, -0.2) is 58.5 Å². The first-order valence-corrected chi connectivity index (χ1v) is 10.1. The van der Waals surface area contributed by atoms with E-state index in [-0.39, 0.29) is 5.91 Å². The summed E-state index contributed by atoms with van der Waals surface area (Å²) in [5.41, 5.74) is 3.42. The molecule has 0 bridgehead atoms. The summed E-state index contributed by atoms with van der Waals surface area (Å²) in [7, 11) is 0. The van der Waals surface area contributed by atoms with Crippen molar-refractivity contribution in [2.45, 2.75) is 39.2 Å². The van der Waals surface area contributed by atoms with Gasteiger partial charge < -0.3 is 9.64 Å². The average molecular weight is 380 g/mol. The van der Waals surface area contributed by atoms with Gasteiger partial charge in [-0.05, 0) is 37.6 Å². The van der Waals surface area contributed by atoms with Gasteiger partial charge in [0, 0.05) is 57.2 Å². The molecule has 1 fully saturated rings. The number of aryl methyl sites for hydroxylation is 1. The average Bonchev–Trinajstić information content (AvgIpc) is 3.16. The summed E-state index contributed by atoms with van der Waals surface area (Å²) < 4.78 is 5.89. The Hall–Kier alpha value is -2.47. The lowest BCUT2D eigenvalue weighted by molar-refractivity contribution is -0.129. The Bertz CT molecular complexity index is 854. The monoisotopic (exact) mass is 380 g/mol. The first-order chi connectivity index (χ1) is 13.6. The van der Waals surface area contributed by atoms with Crippen molar-refractivity contribution < 1.29 is 9.53 Å². The molecule has 0 saturated carbocycles. The summed E-state index contributed by atoms with van der Waals surface area (Å²) >= 11 is 0. The third-order valence-corrected chi connectivity index (χ3v) is 5.70. The third kappa shape index (κ3) is 4.33. The van der Waals surface area contributed by atoms with Gasteiger partial charge in [0.1, 0.15) is 18.2 Å². The highest BCUT2D eigenvalue weighted by Gasteiger charge is 2.27. The van der Waals surface area contributed by atoms with Crippen LogP contribution in [0.1, 0.15) is 41.9 Å². The molecule has 1 amide bonds. The molecule has 2 aromatic rings. The van der Waals surface area contributed by atoms with E-state index in [0.29, 0.717) is 19.1 Å². The Labute approximate surface area is 166 Å². The second-order valence-electron chi connectivity index (χ2n) is 7.84. The zero-order chi connectivity index (χ0) is 19.5. The minimum atomic E-state index is 0.119. The van der Waals surface area contributed by atoms with Crippen molar-refractivity contribution in [1.82, 2.24) is 19.8 Å². The van der Waals surface area contributed by atoms with Gasteiger partial charge in [0.15, 0.2) is 0 Å². The van der Waals surface area contributed by atoms with E-state index in [0.717, 1.165) is 61.9 Å². The number of amides is 1. The molecular weight excluding hydrogens is 352 g/mol. The molecule has 4 rings (SSSR count). The highest BCUT2D eigenvalue weighted by Crippen LogP contribution is 2.26. The van der Waals surface area contributed by atoms with Crippen LogP contribution >= 0.6 is 0 Å². The van der Waals surface area contributed by atoms with E-state index in [1.165, 1.54) is 5.56 Å². The standard InChI is InChI=1S/C22H28N4O2/c1-16-4-3-5-20(12-16)28-11-10-25-8-6-18(14-25)22-23-13-19-15-26(17(2)27)9-7-21(19)24-22/h3-5,12-13,18H,6-11,14-15H2,1-2H3/t18-/m1/s1. The van der Waals surface area contributed by atoms with Crippen LogP contribution in [0.25, 0.3) is 0 Å². The molecule has 1 saturated heterocycles. The van der Waals surface area contributed by atoms with E-state index >= 15 is 0 Å². The number of hydrogen-bond donors (Lipinski definition) is 0. The van der Waals surface area contributed by atoms with Crippen LogP contribution in [-0.2, 0) is 17.8 Å². The molecule has 148 valence electrons. The predicted molar refractivity (Wildman–Crippen MR) is 107 cm³/mol. The molecule has 2 aliphatic rings. The smallest absolute Gasteiger partial charge is 0.219 e. The summed E-state index contributed by atoms with van der Waals surface area (Å²) in [5, 5.41) is 0. The van der Waals surface area contributed by atoms with Crippen molar-refractivity contribution in [2.24, 2.45) is 0 Å². The van der Waals surface area contributed by atoms with Crippen molar-refractivity contribution in [3.05, 3.63) is 53.1 Å². The Morgan fingerprint density at radius 1 is 1.32 bits per heavy atom. The Kier molecular flexibility index (Phi) is 5.57. The summed E-state index contributed by atoms with van der Waals surface area (Å²) in [6.07, 6.45) is 3.84. The lowest BCUT2D eigenvalue weighted by Crippen LogP contribution is -2.35. The van der Waals surface area contributed by atoms with Crippen LogP contribution in [0.15, 0.2) is 30.5 Å². The Morgan fingerprint density at radius 2 is 2.21 bits per heavy atom. The van der Waals surface area contributed by atoms with Crippen LogP contribution in [0.4, 0.5) is 0 Å². The van der Waals surface area contributed by atoms with Gasteiger partial charge >= 0.3 is 0 Å². The fraction of sp³-hybridized carbons (Fsp3) is 0.500. The van der Waals surface area contributed by atoms with E-state index in [4.69, 9.17) is 9.72 Å². The number of fused-ring (bicyclic) bond motifs is 1. The molecule has 2 aliphatic heterocycles. The molecule has 0 aliphatic carbocycles. The number of aromatic nitrogens is 2. The van der Waals surface area contributed by atoms with Crippen molar-refractivity contribution in [3.8, 4) is 5.75 Å². The van der Waals surface area contributed by atoms with Gasteiger partial charge in [0.05, 0.1) is 5.69 Å². The molecule has 1 atom stereocenters. The maximum absolute atomic E-state index is 11.6. The summed E-state index contributed by atoms with van der Waals surface area (Å²) in [6.45, 7) is 8.75. The lowest BCUT2D eigenvalue weighted by Gasteiger charge is -2.27. The molecule has 6 heteroatoms. The molecule has 1 aromatic heterocycles. The fourth-order valence-corrected chi connectivity index (χ4v) is 4.04. The lowest BCUT2D eigenvalue weighted by atomic mass is 10.0. The molecule has 3 heterocycles. The molecule has 0 spiro atoms. The number of carbonyl (C=O) groups excluding carboxylic acids is 1. The number of likely N-dealkylation sites (tertiary alicyclic amines) is 1. The molecule has 0 unspecified atom stereocenters. The molecule has 0 N–H and O–H groups in total. The van der Waals surface area contributed by atoms with Gasteiger partial charge in [0.25, 0.3) is 0 Å². The number of rotatable bonds is 5. The van der Waals surface area contributed by atoms with Crippen molar-refractivity contribution in [2.75, 3.05) is 32.8 Å². The predicted octanol–water partition coefficient (Wildman–Crippen LogP) is 2.56. The maximum Gasteiger partial charge on any atom is 0.219 e. The van der Waals surface area contributed by atoms with E-state index in [1.807, 2.05) is 23.2 Å². The number of benzene rings is 1. The largest absolute Gasteiger partial charge is 0.492 e. The van der Waals surface area contributed by atoms with Crippen LogP contribution < -0.4 is 4.74 Å². The van der Waals surface area contributed by atoms with E-state index < -0.39 is 0 Å². The van der Waals surface area contributed by atoms with Gasteiger partial charge in [-0.1, -0.05) is 12.1 Å². The number of carbonyl (C=O) groups is 1. The fourth-order valence-electron chi connectivity index (χ4n) is 4.04. The molecular formula is C22H28N4O2. The second-order valence-corrected chi connectivity index (χ2v) is 7.84. The van der Waals surface area contributed by atoms with Gasteiger partial charge in [0.2, 0.25) is 5.91 Å². The van der Waals surface area contributed by atoms with E-state index in [1.54, 1.807) is 6.92 Å². The molecule has 6 nitrogen and oxygen atoms in total. The number of nitrogens with zero attached hydrogens (tertiary/aromatic N) is 4. The zero-order valence-electron chi connectivity index (χ0n) is 16.7. The normalized spacial score (nSPS) is 19.5. The van der Waals surface area contributed by atoms with Crippen LogP contribution in [0, 0.1) is 6.92 Å². The second kappa shape index (κ2) is 8.27. The minimum absolute atomic E-state index is 0.119. The topological polar surface area (TPSA) is 58.6 Å². The number of hydrogen-bond acceptors (Lipinski definition) is 5. The van der Waals surface area contributed by atoms with Crippen molar-refractivity contribution >= 4 is 5.91 Å². The highest BCUT2D eigenvalue weighted by atomic mass is 16.5. The summed E-state index contributed by atoms with van der Waals surface area (Å²) in [6, 6.07) is 8.18. The quantitative estimate of drug-likeness (QED) is 0.798. The summed E-state index contributed by atoms with van der Waals surface area (Å²) in [5.74, 6) is 2.40. The first-order valence-electron chi connectivity index (χ1n) is 10.1. The van der Waals surface area contributed by atoms with Crippen molar-refractivity contribution in [3.63, 3.8) is 0 Å². The first kappa shape index (κ1) is 18.9. The highest BCUT2D eigenvalue weighted by molar-refractivity contribution is 5.73. The van der Waals surface area contributed by atoms with Gasteiger partial charge in [-0.3, -0.25) is 9.69 Å². The summed E-state index contributed by atoms with van der Waals surface area (Å²) in [4.78, 5) is 25.4. The SMILES string of the molecule is CC(=O)N1CCc2nc([C@@H]3CCN(CCOc4cccc(C)c4)C3)ncc2C1. The van der Waals surface area contributed by atoms with Crippen molar-refractivity contribution in [1.29, 1.82) is 0 Å². The van der Waals surface area contributed by atoms with Crippen LogP contribution in [0.3, 0.4) is 0 Å². The van der Waals surface area contributed by atoms with Crippen LogP contribution in [0.2, 0.25) is 0 Å². The van der Waals surface area contributed by atoms with E-state index in [2.05, 4.69) is 28.9 Å². The Balaban J connectivity index is 1.30. The molecule has 1 aromatic carbocycles. The third-order valence-electron chi connectivity index (χ3n) is 5.70. The molecule has 28 heavy (non-hydrogen) atoms. The maximum atomic E-state index is 11.6. The minimum Gasteiger partial charge on any atom is -0.492 e. The van der Waals surface area contributed by atoms with Gasteiger partial charge in [-0.2, -0.15) is 0 Å². The Morgan fingerprint density at radius 3 is 3.04 bits per heavy atom.